The molecule has 1 saturated heterocycles. The van der Waals surface area contributed by atoms with Gasteiger partial charge in [0.25, 0.3) is 0 Å². The Morgan fingerprint density at radius 2 is 1.83 bits per heavy atom. The Balaban J connectivity index is 1.73. The maximum Gasteiger partial charge on any atom is 0.324 e. The van der Waals surface area contributed by atoms with Gasteiger partial charge in [-0.3, -0.25) is 9.69 Å². The highest BCUT2D eigenvalue weighted by Crippen LogP contribution is 2.51. The van der Waals surface area contributed by atoms with Crippen molar-refractivity contribution in [2.45, 2.75) is 63.8 Å². The van der Waals surface area contributed by atoms with Gasteiger partial charge in [0, 0.05) is 13.1 Å². The second-order valence-corrected chi connectivity index (χ2v) is 7.10. The summed E-state index contributed by atoms with van der Waals surface area (Å²) in [6, 6.07) is 0. The zero-order valence-electron chi connectivity index (χ0n) is 11.5. The number of carbonyl (C=O) groups is 1. The molecule has 2 atom stereocenters. The van der Waals surface area contributed by atoms with Crippen LogP contribution in [0, 0.1) is 11.3 Å². The molecule has 2 unspecified atom stereocenters. The molecule has 0 aromatic carbocycles. The smallest absolute Gasteiger partial charge is 0.324 e. The fourth-order valence-corrected chi connectivity index (χ4v) is 4.65. The third-order valence-electron chi connectivity index (χ3n) is 5.69. The fraction of sp³-hybridized carbons (Fsp3) is 0.933. The van der Waals surface area contributed by atoms with E-state index < -0.39 is 11.5 Å². The summed E-state index contributed by atoms with van der Waals surface area (Å²) in [6.07, 6.45) is 9.37. The minimum Gasteiger partial charge on any atom is -0.480 e. The van der Waals surface area contributed by atoms with Crippen LogP contribution in [0.3, 0.4) is 0 Å². The summed E-state index contributed by atoms with van der Waals surface area (Å²) in [6.45, 7) is 4.31. The largest absolute Gasteiger partial charge is 0.480 e. The summed E-state index contributed by atoms with van der Waals surface area (Å²) in [7, 11) is 0. The minimum atomic E-state index is -0.568. The van der Waals surface area contributed by atoms with Crippen LogP contribution in [0.2, 0.25) is 0 Å². The number of aliphatic carboxylic acids is 1. The van der Waals surface area contributed by atoms with Crippen LogP contribution in [0.15, 0.2) is 0 Å². The molecule has 2 saturated carbocycles. The lowest BCUT2D eigenvalue weighted by atomic mass is 9.69. The van der Waals surface area contributed by atoms with Gasteiger partial charge in [0.2, 0.25) is 0 Å². The van der Waals surface area contributed by atoms with Gasteiger partial charge < -0.3 is 5.11 Å². The van der Waals surface area contributed by atoms with Crippen LogP contribution >= 0.6 is 0 Å². The van der Waals surface area contributed by atoms with Crippen LogP contribution in [-0.4, -0.2) is 34.6 Å². The topological polar surface area (TPSA) is 40.5 Å². The predicted molar refractivity (Wildman–Crippen MR) is 70.5 cm³/mol. The van der Waals surface area contributed by atoms with Crippen molar-refractivity contribution in [2.24, 2.45) is 11.3 Å². The van der Waals surface area contributed by atoms with Gasteiger partial charge in [0.05, 0.1) is 0 Å². The van der Waals surface area contributed by atoms with Gasteiger partial charge in [-0.25, -0.2) is 0 Å². The average Bonchev–Trinajstić information content (AvgIpc) is 2.75. The third-order valence-corrected chi connectivity index (χ3v) is 5.69. The highest BCUT2D eigenvalue weighted by Gasteiger charge is 2.56. The van der Waals surface area contributed by atoms with Crippen LogP contribution in [0.5, 0.6) is 0 Å². The summed E-state index contributed by atoms with van der Waals surface area (Å²) in [5.74, 6) is -0.00289. The van der Waals surface area contributed by atoms with Crippen LogP contribution in [0.4, 0.5) is 0 Å². The maximum atomic E-state index is 11.8. The third kappa shape index (κ3) is 1.78. The Hall–Kier alpha value is -0.570. The van der Waals surface area contributed by atoms with Crippen molar-refractivity contribution in [2.75, 3.05) is 13.1 Å². The molecule has 1 spiro atoms. The molecule has 0 amide bonds. The zero-order chi connectivity index (χ0) is 12.8. The summed E-state index contributed by atoms with van der Waals surface area (Å²) in [5, 5.41) is 9.73. The van der Waals surface area contributed by atoms with Crippen molar-refractivity contribution >= 4 is 5.97 Å². The molecule has 3 heteroatoms. The molecule has 102 valence electrons. The van der Waals surface area contributed by atoms with E-state index in [1.807, 2.05) is 0 Å². The molecule has 0 aromatic rings. The molecule has 0 radical (unpaired) electrons. The average molecular weight is 251 g/mol. The number of hydrogen-bond acceptors (Lipinski definition) is 2. The predicted octanol–water partition coefficient (Wildman–Crippen LogP) is 2.90. The molecule has 0 aromatic heterocycles. The number of hydrogen-bond donors (Lipinski definition) is 1. The Bertz CT molecular complexity index is 340. The lowest BCUT2D eigenvalue weighted by Crippen LogP contribution is -2.68. The molecular formula is C15H25NO2. The van der Waals surface area contributed by atoms with Gasteiger partial charge in [0.15, 0.2) is 0 Å². The van der Waals surface area contributed by atoms with Gasteiger partial charge in [-0.05, 0) is 37.0 Å². The van der Waals surface area contributed by atoms with E-state index in [-0.39, 0.29) is 0 Å². The second-order valence-electron chi connectivity index (χ2n) is 7.10. The van der Waals surface area contributed by atoms with Crippen molar-refractivity contribution in [3.8, 4) is 0 Å². The van der Waals surface area contributed by atoms with E-state index in [0.717, 1.165) is 32.4 Å². The van der Waals surface area contributed by atoms with Crippen LogP contribution in [-0.2, 0) is 4.79 Å². The van der Waals surface area contributed by atoms with Crippen LogP contribution < -0.4 is 0 Å². The Labute approximate surface area is 110 Å². The highest BCUT2D eigenvalue weighted by atomic mass is 16.4. The van der Waals surface area contributed by atoms with Crippen molar-refractivity contribution in [1.82, 2.24) is 4.90 Å². The molecule has 1 heterocycles. The molecular weight excluding hydrogens is 226 g/mol. The fourth-order valence-electron chi connectivity index (χ4n) is 4.65. The lowest BCUT2D eigenvalue weighted by Gasteiger charge is -2.57. The Kier molecular flexibility index (Phi) is 2.92. The van der Waals surface area contributed by atoms with Crippen molar-refractivity contribution in [3.63, 3.8) is 0 Å². The molecule has 0 bridgehead atoms. The molecule has 3 nitrogen and oxygen atoms in total. The standard InChI is InChI=1S/C15H25NO2/c1-12-5-4-8-15(9-12,13(17)18)16-10-14(11-16)6-2-3-7-14/h12H,2-11H2,1H3,(H,17,18). The second kappa shape index (κ2) is 4.22. The highest BCUT2D eigenvalue weighted by molar-refractivity contribution is 5.79. The monoisotopic (exact) mass is 251 g/mol. The first-order valence-corrected chi connectivity index (χ1v) is 7.55. The van der Waals surface area contributed by atoms with E-state index >= 15 is 0 Å². The van der Waals surface area contributed by atoms with Crippen molar-refractivity contribution in [3.05, 3.63) is 0 Å². The first-order chi connectivity index (χ1) is 8.56. The van der Waals surface area contributed by atoms with Gasteiger partial charge in [-0.2, -0.15) is 0 Å². The van der Waals surface area contributed by atoms with Crippen LogP contribution in [0.25, 0.3) is 0 Å². The van der Waals surface area contributed by atoms with E-state index in [9.17, 15) is 9.90 Å². The Morgan fingerprint density at radius 3 is 2.39 bits per heavy atom. The number of nitrogens with zero attached hydrogens (tertiary/aromatic N) is 1. The van der Waals surface area contributed by atoms with E-state index in [1.165, 1.54) is 32.1 Å². The summed E-state index contributed by atoms with van der Waals surface area (Å²) in [5.41, 5.74) is -0.0192. The molecule has 2 aliphatic carbocycles. The van der Waals surface area contributed by atoms with Gasteiger partial charge in [0.1, 0.15) is 5.54 Å². The lowest BCUT2D eigenvalue weighted by molar-refractivity contribution is -0.169. The van der Waals surface area contributed by atoms with E-state index in [1.54, 1.807) is 0 Å². The molecule has 18 heavy (non-hydrogen) atoms. The van der Waals surface area contributed by atoms with Gasteiger partial charge in [-0.1, -0.05) is 32.6 Å². The molecule has 3 fully saturated rings. The number of likely N-dealkylation sites (tertiary alicyclic amines) is 1. The first kappa shape index (κ1) is 12.5. The first-order valence-electron chi connectivity index (χ1n) is 7.55. The van der Waals surface area contributed by atoms with Gasteiger partial charge >= 0.3 is 5.97 Å². The molecule has 1 aliphatic heterocycles. The SMILES string of the molecule is CC1CCCC(C(=O)O)(N2CC3(CCCC3)C2)C1. The van der Waals surface area contributed by atoms with Crippen molar-refractivity contribution in [1.29, 1.82) is 0 Å². The minimum absolute atomic E-state index is 0.503. The van der Waals surface area contributed by atoms with E-state index in [4.69, 9.17) is 0 Å². The van der Waals surface area contributed by atoms with Gasteiger partial charge in [-0.15, -0.1) is 0 Å². The van der Waals surface area contributed by atoms with E-state index in [2.05, 4.69) is 11.8 Å². The van der Waals surface area contributed by atoms with Crippen molar-refractivity contribution < 1.29 is 9.90 Å². The Morgan fingerprint density at radius 1 is 1.17 bits per heavy atom. The molecule has 3 aliphatic rings. The number of carboxylic acids is 1. The normalized spacial score (nSPS) is 39.7. The quantitative estimate of drug-likeness (QED) is 0.820. The summed E-state index contributed by atoms with van der Waals surface area (Å²) < 4.78 is 0. The summed E-state index contributed by atoms with van der Waals surface area (Å²) in [4.78, 5) is 14.1. The molecule has 3 rings (SSSR count). The number of carboxylic acid groups (broad SMARTS) is 1. The maximum absolute atomic E-state index is 11.8. The summed E-state index contributed by atoms with van der Waals surface area (Å²) >= 11 is 0. The van der Waals surface area contributed by atoms with E-state index in [0.29, 0.717) is 11.3 Å². The molecule has 1 N–H and O–H groups in total. The zero-order valence-corrected chi connectivity index (χ0v) is 11.5. The number of rotatable bonds is 2. The van der Waals surface area contributed by atoms with Crippen LogP contribution in [0.1, 0.15) is 58.3 Å².